The number of likely N-dealkylation sites (N-methyl/N-ethyl adjacent to an activating group) is 1. The molecule has 2 aliphatic rings. The van der Waals surface area contributed by atoms with Gasteiger partial charge in [0.25, 0.3) is 5.56 Å². The molecule has 0 amide bonds. The van der Waals surface area contributed by atoms with Crippen LogP contribution in [0.25, 0.3) is 16.5 Å². The number of nitrogens with zero attached hydrogens (tertiary/aromatic N) is 2. The highest BCUT2D eigenvalue weighted by Gasteiger charge is 2.44. The van der Waals surface area contributed by atoms with E-state index in [0.29, 0.717) is 5.69 Å². The summed E-state index contributed by atoms with van der Waals surface area (Å²) in [7, 11) is 1.93. The zero-order valence-electron chi connectivity index (χ0n) is 22.4. The average molecular weight is 548 g/mol. The van der Waals surface area contributed by atoms with Crippen molar-refractivity contribution in [2.24, 2.45) is 5.92 Å². The Labute approximate surface area is 229 Å². The maximum absolute atomic E-state index is 13.5. The number of halogens is 3. The van der Waals surface area contributed by atoms with Crippen molar-refractivity contribution < 1.29 is 23.4 Å². The largest absolute Gasteiger partial charge is 0.851 e. The van der Waals surface area contributed by atoms with Gasteiger partial charge in [-0.3, -0.25) is 9.89 Å². The number of benzene rings is 3. The molecule has 0 saturated heterocycles. The van der Waals surface area contributed by atoms with Gasteiger partial charge in [-0.25, -0.2) is 4.68 Å². The van der Waals surface area contributed by atoms with E-state index in [4.69, 9.17) is 0 Å². The molecule has 40 heavy (non-hydrogen) atoms. The number of nitrogens with one attached hydrogen (secondary N) is 1. The van der Waals surface area contributed by atoms with Crippen LogP contribution in [0.1, 0.15) is 42.1 Å². The Hall–Kier alpha value is -3.82. The first-order chi connectivity index (χ1) is 18.8. The first-order valence-corrected chi connectivity index (χ1v) is 13.1. The third-order valence-corrected chi connectivity index (χ3v) is 8.62. The number of H-pyrrole nitrogens is 1. The number of fused-ring (bicyclic) bond motifs is 3. The average Bonchev–Trinajstić information content (AvgIpc) is 3.31. The Morgan fingerprint density at radius 3 is 2.27 bits per heavy atom. The predicted molar refractivity (Wildman–Crippen MR) is 143 cm³/mol. The van der Waals surface area contributed by atoms with Crippen molar-refractivity contribution in [2.45, 2.75) is 50.5 Å². The number of alkyl halides is 3. The van der Waals surface area contributed by atoms with Crippen molar-refractivity contribution in [1.29, 1.82) is 0 Å². The number of aromatic amines is 1. The van der Waals surface area contributed by atoms with Crippen molar-refractivity contribution >= 4 is 16.5 Å². The number of rotatable bonds is 3. The fourth-order valence-corrected chi connectivity index (χ4v) is 6.53. The van der Waals surface area contributed by atoms with Crippen molar-refractivity contribution in [1.82, 2.24) is 9.78 Å². The molecule has 0 spiro atoms. The van der Waals surface area contributed by atoms with E-state index in [1.54, 1.807) is 13.0 Å². The first kappa shape index (κ1) is 26.4. The summed E-state index contributed by atoms with van der Waals surface area (Å²) in [5.74, 6) is -1.88. The minimum Gasteiger partial charge on any atom is -0.851 e. The molecule has 4 aromatic rings. The van der Waals surface area contributed by atoms with E-state index < -0.39 is 46.8 Å². The van der Waals surface area contributed by atoms with Crippen molar-refractivity contribution in [2.75, 3.05) is 11.9 Å². The molecule has 1 fully saturated rings. The minimum absolute atomic E-state index is 0.0999. The maximum Gasteiger partial charge on any atom is 0.416 e. The number of allylic oxidation sites excluding steroid dienone is 1. The van der Waals surface area contributed by atoms with Crippen LogP contribution >= 0.6 is 0 Å². The van der Waals surface area contributed by atoms with E-state index in [1.165, 1.54) is 12.1 Å². The van der Waals surface area contributed by atoms with Crippen LogP contribution in [0.4, 0.5) is 18.9 Å². The summed E-state index contributed by atoms with van der Waals surface area (Å²) in [5.41, 5.74) is 1.81. The van der Waals surface area contributed by atoms with Gasteiger partial charge in [-0.2, -0.15) is 13.2 Å². The molecule has 1 saturated carbocycles. The third kappa shape index (κ3) is 3.75. The summed E-state index contributed by atoms with van der Waals surface area (Å²) >= 11 is 0. The van der Waals surface area contributed by atoms with Crippen molar-refractivity contribution in [3.63, 3.8) is 0 Å². The van der Waals surface area contributed by atoms with Crippen LogP contribution in [0, 0.1) is 12.8 Å². The van der Waals surface area contributed by atoms with Crippen LogP contribution in [-0.4, -0.2) is 29.0 Å². The van der Waals surface area contributed by atoms with Crippen LogP contribution in [0.2, 0.25) is 0 Å². The van der Waals surface area contributed by atoms with Gasteiger partial charge in [-0.05, 0) is 65.4 Å². The summed E-state index contributed by atoms with van der Waals surface area (Å²) in [4.78, 5) is 15.3. The molecule has 1 aliphatic heterocycles. The fraction of sp³-hybridized carbons (Fsp3) is 0.323. The monoisotopic (exact) mass is 547 g/mol. The zero-order chi connectivity index (χ0) is 28.7. The molecule has 6 rings (SSSR count). The maximum atomic E-state index is 13.5. The van der Waals surface area contributed by atoms with Gasteiger partial charge in [0.2, 0.25) is 0 Å². The lowest BCUT2D eigenvalue weighted by Gasteiger charge is -2.60. The Morgan fingerprint density at radius 1 is 0.975 bits per heavy atom. The van der Waals surface area contributed by atoms with Gasteiger partial charge >= 0.3 is 6.18 Å². The lowest BCUT2D eigenvalue weighted by Crippen LogP contribution is -2.65. The highest BCUT2D eigenvalue weighted by atomic mass is 19.4. The standard InChI is InChI=1S/C31H28F3N3O3/c1-16-24(29(40)37(35-16)19-12-10-18(11-13-19)31(32,33)34)25-27(38)21(28(25)39)15-23-30(2,3)26-20-8-6-5-7-17(20)9-14-22(26)36(23)4/h5-15,21,25,27-28,35H,1-4H3/q-2. The van der Waals surface area contributed by atoms with Crippen LogP contribution < -0.4 is 20.7 Å². The molecule has 208 valence electrons. The topological polar surface area (TPSA) is 87.1 Å². The summed E-state index contributed by atoms with van der Waals surface area (Å²) in [6.07, 6.45) is -5.37. The van der Waals surface area contributed by atoms with Crippen LogP contribution in [-0.2, 0) is 11.6 Å². The van der Waals surface area contributed by atoms with E-state index in [2.05, 4.69) is 43.2 Å². The van der Waals surface area contributed by atoms with Gasteiger partial charge in [0.05, 0.1) is 11.3 Å². The molecule has 1 aliphatic carbocycles. The Balaban J connectivity index is 1.31. The molecule has 6 nitrogen and oxygen atoms in total. The number of aryl methyl sites for hydroxylation is 1. The van der Waals surface area contributed by atoms with Gasteiger partial charge < -0.3 is 15.1 Å². The van der Waals surface area contributed by atoms with E-state index in [-0.39, 0.29) is 11.3 Å². The molecule has 9 heteroatoms. The second-order valence-corrected chi connectivity index (χ2v) is 11.3. The first-order valence-electron chi connectivity index (χ1n) is 13.1. The quantitative estimate of drug-likeness (QED) is 0.418. The SMILES string of the molecule is Cc1[nH]n(-c2ccc(C(F)(F)F)cc2)c(=O)c1C1C([O-])C(C=C2N(C)c3ccc4ccccc4c3C2(C)C)C1[O-]. The van der Waals surface area contributed by atoms with Gasteiger partial charge in [0, 0.05) is 35.1 Å². The molecule has 2 heterocycles. The van der Waals surface area contributed by atoms with Gasteiger partial charge in [-0.1, -0.05) is 50.3 Å². The second-order valence-electron chi connectivity index (χ2n) is 11.3. The number of hydrogen-bond acceptors (Lipinski definition) is 4. The second kappa shape index (κ2) is 8.84. The van der Waals surface area contributed by atoms with E-state index in [9.17, 15) is 28.2 Å². The molecule has 3 aromatic carbocycles. The van der Waals surface area contributed by atoms with Crippen molar-refractivity contribution in [3.8, 4) is 5.69 Å². The Kier molecular flexibility index (Phi) is 5.84. The van der Waals surface area contributed by atoms with Crippen LogP contribution in [0.5, 0.6) is 0 Å². The lowest BCUT2D eigenvalue weighted by atomic mass is 9.64. The summed E-state index contributed by atoms with van der Waals surface area (Å²) < 4.78 is 40.0. The number of hydrogen-bond donors (Lipinski definition) is 1. The molecular formula is C31H28F3N3O3-2. The van der Waals surface area contributed by atoms with E-state index in [1.807, 2.05) is 24.1 Å². The molecule has 2 unspecified atom stereocenters. The summed E-state index contributed by atoms with van der Waals surface area (Å²) in [5, 5.41) is 32.1. The summed E-state index contributed by atoms with van der Waals surface area (Å²) in [6, 6.07) is 16.4. The fourth-order valence-electron chi connectivity index (χ4n) is 6.53. The molecule has 1 aromatic heterocycles. The van der Waals surface area contributed by atoms with E-state index >= 15 is 0 Å². The molecule has 2 atom stereocenters. The highest BCUT2D eigenvalue weighted by molar-refractivity contribution is 5.94. The van der Waals surface area contributed by atoms with Gasteiger partial charge in [0.15, 0.2) is 0 Å². The van der Waals surface area contributed by atoms with E-state index in [0.717, 1.165) is 44.5 Å². The highest BCUT2D eigenvalue weighted by Crippen LogP contribution is 2.51. The van der Waals surface area contributed by atoms with Gasteiger partial charge in [-0.15, -0.1) is 12.2 Å². The van der Waals surface area contributed by atoms with Gasteiger partial charge in [0.1, 0.15) is 0 Å². The van der Waals surface area contributed by atoms with Crippen LogP contribution in [0.15, 0.2) is 77.2 Å². The minimum atomic E-state index is -4.50. The predicted octanol–water partition coefficient (Wildman–Crippen LogP) is 4.13. The normalized spacial score (nSPS) is 24.9. The molecular weight excluding hydrogens is 519 g/mol. The summed E-state index contributed by atoms with van der Waals surface area (Å²) in [6.45, 7) is 5.77. The number of aromatic nitrogens is 2. The Bertz CT molecular complexity index is 1710. The van der Waals surface area contributed by atoms with Crippen LogP contribution in [0.3, 0.4) is 0 Å². The smallest absolute Gasteiger partial charge is 0.416 e. The third-order valence-electron chi connectivity index (χ3n) is 8.62. The molecule has 1 N–H and O–H groups in total. The zero-order valence-corrected chi connectivity index (χ0v) is 22.4. The van der Waals surface area contributed by atoms with Crippen molar-refractivity contribution in [3.05, 3.63) is 105 Å². The molecule has 0 radical (unpaired) electrons. The lowest BCUT2D eigenvalue weighted by molar-refractivity contribution is -0.543. The Morgan fingerprint density at radius 2 is 1.62 bits per heavy atom. The molecule has 0 bridgehead atoms. The number of anilines is 1.